The lowest BCUT2D eigenvalue weighted by Crippen LogP contribution is -2.44. The molecule has 3 atom stereocenters. The second-order valence-corrected chi connectivity index (χ2v) is 14.4. The fourth-order valence-electron chi connectivity index (χ4n) is 7.58. The molecule has 3 fully saturated rings. The largest absolute Gasteiger partial charge is 0.378 e. The number of benzene rings is 1. The van der Waals surface area contributed by atoms with Crippen LogP contribution in [0.1, 0.15) is 84.8 Å². The smallest absolute Gasteiger partial charge is 0.264 e. The highest BCUT2D eigenvalue weighted by Crippen LogP contribution is 2.48. The van der Waals surface area contributed by atoms with Crippen LogP contribution in [-0.4, -0.2) is 61.3 Å². The fraction of sp³-hybridized carbons (Fsp3) is 0.562. The lowest BCUT2D eigenvalue weighted by Gasteiger charge is -2.31. The van der Waals surface area contributed by atoms with Crippen molar-refractivity contribution in [2.45, 2.75) is 75.0 Å². The Morgan fingerprint density at radius 1 is 0.951 bits per heavy atom. The number of nitrogens with zero attached hydrogens (tertiary/aromatic N) is 2. The molecule has 0 radical (unpaired) electrons. The van der Waals surface area contributed by atoms with E-state index in [4.69, 9.17) is 4.74 Å². The van der Waals surface area contributed by atoms with Gasteiger partial charge in [-0.3, -0.25) is 9.59 Å². The summed E-state index contributed by atoms with van der Waals surface area (Å²) >= 11 is 0. The number of morpholine rings is 1. The highest BCUT2D eigenvalue weighted by molar-refractivity contribution is 7.91. The van der Waals surface area contributed by atoms with Crippen LogP contribution in [-0.2, 0) is 26.1 Å². The molecule has 0 bridgehead atoms. The van der Waals surface area contributed by atoms with E-state index in [9.17, 15) is 18.0 Å². The van der Waals surface area contributed by atoms with Gasteiger partial charge in [-0.25, -0.2) is 13.1 Å². The molecule has 8 nitrogen and oxygen atoms in total. The molecule has 3 heterocycles. The number of fused-ring (bicyclic) bond motifs is 5. The van der Waals surface area contributed by atoms with Crippen molar-refractivity contribution in [1.29, 1.82) is 0 Å². The molecule has 218 valence electrons. The van der Waals surface area contributed by atoms with Crippen molar-refractivity contribution in [2.24, 2.45) is 11.8 Å². The topological polar surface area (TPSA) is 97.7 Å². The van der Waals surface area contributed by atoms with Crippen LogP contribution in [0.3, 0.4) is 0 Å². The predicted octanol–water partition coefficient (Wildman–Crippen LogP) is 4.62. The number of amides is 2. The number of hydrogen-bond acceptors (Lipinski definition) is 5. The third kappa shape index (κ3) is 5.05. The van der Waals surface area contributed by atoms with Crippen LogP contribution in [0.4, 0.5) is 0 Å². The average Bonchev–Trinajstić information content (AvgIpc) is 3.83. The summed E-state index contributed by atoms with van der Waals surface area (Å²) < 4.78 is 35.3. The maximum Gasteiger partial charge on any atom is 0.264 e. The molecule has 5 aliphatic rings. The minimum atomic E-state index is -3.65. The number of nitrogens with one attached hydrogen (secondary N) is 1. The molecule has 3 aliphatic carbocycles. The third-order valence-electron chi connectivity index (χ3n) is 9.82. The van der Waals surface area contributed by atoms with E-state index in [-0.39, 0.29) is 23.7 Å². The van der Waals surface area contributed by atoms with Crippen LogP contribution in [0.2, 0.25) is 0 Å². The number of sulfonamides is 1. The van der Waals surface area contributed by atoms with Crippen LogP contribution >= 0.6 is 0 Å². The standard InChI is InChI=1S/C32H39N3O5S/c36-31(33-41(38,39)25-11-12-25)23-10-13-27-28(19-23)35-20-24(32(37)34-14-16-40-17-15-34)18-22-8-4-5-9-26(22)30(35)29(27)21-6-2-1-3-7-21/h4-5,8-10,13,19,21-22,24-26H,1-3,6-7,11-12,14-18,20H2,(H,33,36). The first kappa shape index (κ1) is 27.0. The second-order valence-electron chi connectivity index (χ2n) is 12.5. The Morgan fingerprint density at radius 2 is 1.71 bits per heavy atom. The van der Waals surface area contributed by atoms with Gasteiger partial charge in [0.25, 0.3) is 5.91 Å². The number of allylic oxidation sites excluding steroid dienone is 4. The Morgan fingerprint density at radius 3 is 2.46 bits per heavy atom. The molecule has 0 spiro atoms. The number of carbonyl (C=O) groups is 2. The lowest BCUT2D eigenvalue weighted by atomic mass is 9.76. The normalized spacial score (nSPS) is 26.8. The Bertz CT molecular complexity index is 1520. The first-order valence-corrected chi connectivity index (χ1v) is 16.9. The zero-order chi connectivity index (χ0) is 28.1. The van der Waals surface area contributed by atoms with Crippen molar-refractivity contribution < 1.29 is 22.7 Å². The molecule has 3 unspecified atom stereocenters. The summed E-state index contributed by atoms with van der Waals surface area (Å²) in [6.45, 7) is 2.92. The van der Waals surface area contributed by atoms with Crippen molar-refractivity contribution in [3.05, 3.63) is 59.3 Å². The van der Waals surface area contributed by atoms with E-state index in [1.807, 2.05) is 17.0 Å². The number of hydrogen-bond donors (Lipinski definition) is 1. The molecular formula is C32H39N3O5S. The highest BCUT2D eigenvalue weighted by Gasteiger charge is 2.40. The van der Waals surface area contributed by atoms with Gasteiger partial charge in [-0.1, -0.05) is 49.6 Å². The molecule has 1 saturated heterocycles. The van der Waals surface area contributed by atoms with Crippen LogP contribution in [0.25, 0.3) is 10.9 Å². The van der Waals surface area contributed by atoms with Crippen LogP contribution in [0.5, 0.6) is 0 Å². The van der Waals surface area contributed by atoms with Gasteiger partial charge in [-0.15, -0.1) is 0 Å². The molecule has 1 aromatic carbocycles. The third-order valence-corrected chi connectivity index (χ3v) is 11.6. The van der Waals surface area contributed by atoms with Crippen LogP contribution < -0.4 is 4.72 Å². The average molecular weight is 578 g/mol. The summed E-state index contributed by atoms with van der Waals surface area (Å²) in [7, 11) is -3.65. The van der Waals surface area contributed by atoms with Crippen molar-refractivity contribution >= 4 is 32.7 Å². The van der Waals surface area contributed by atoms with E-state index >= 15 is 0 Å². The number of ether oxygens (including phenoxy) is 1. The Kier molecular flexibility index (Phi) is 7.06. The van der Waals surface area contributed by atoms with Gasteiger partial charge < -0.3 is 14.2 Å². The highest BCUT2D eigenvalue weighted by atomic mass is 32.2. The lowest BCUT2D eigenvalue weighted by molar-refractivity contribution is -0.140. The Hall–Kier alpha value is -2.91. The minimum Gasteiger partial charge on any atom is -0.378 e. The van der Waals surface area contributed by atoms with E-state index in [1.165, 1.54) is 30.5 Å². The maximum atomic E-state index is 13.9. The van der Waals surface area contributed by atoms with Crippen molar-refractivity contribution in [3.63, 3.8) is 0 Å². The Labute approximate surface area is 241 Å². The summed E-state index contributed by atoms with van der Waals surface area (Å²) in [4.78, 5) is 29.1. The molecule has 9 heteroatoms. The quantitative estimate of drug-likeness (QED) is 0.560. The van der Waals surface area contributed by atoms with Crippen molar-refractivity contribution in [3.8, 4) is 0 Å². The molecule has 2 amide bonds. The van der Waals surface area contributed by atoms with E-state index in [1.54, 1.807) is 6.07 Å². The van der Waals surface area contributed by atoms with Gasteiger partial charge in [0.2, 0.25) is 15.9 Å². The number of aromatic nitrogens is 1. The van der Waals surface area contributed by atoms with Gasteiger partial charge in [-0.05, 0) is 61.6 Å². The SMILES string of the molecule is O=C(NS(=O)(=O)C1CC1)c1ccc2c(C3CCCCC3)c3n(c2c1)CC(C(=O)N1CCOCC1)CC1C=CC=CC31. The summed E-state index contributed by atoms with van der Waals surface area (Å²) in [5.41, 5.74) is 3.91. The summed E-state index contributed by atoms with van der Waals surface area (Å²) in [5.74, 6) is 0.202. The molecular weight excluding hydrogens is 538 g/mol. The maximum absolute atomic E-state index is 13.9. The zero-order valence-corrected chi connectivity index (χ0v) is 24.3. The molecule has 41 heavy (non-hydrogen) atoms. The van der Waals surface area contributed by atoms with Crippen LogP contribution in [0, 0.1) is 11.8 Å². The van der Waals surface area contributed by atoms with Gasteiger partial charge >= 0.3 is 0 Å². The van der Waals surface area contributed by atoms with E-state index in [2.05, 4.69) is 33.6 Å². The number of carbonyl (C=O) groups excluding carboxylic acids is 2. The second kappa shape index (κ2) is 10.7. The van der Waals surface area contributed by atoms with Gasteiger partial charge in [0.05, 0.1) is 24.4 Å². The molecule has 2 aromatic rings. The summed E-state index contributed by atoms with van der Waals surface area (Å²) in [6, 6.07) is 5.66. The zero-order valence-electron chi connectivity index (χ0n) is 23.5. The van der Waals surface area contributed by atoms with E-state index in [0.29, 0.717) is 57.2 Å². The van der Waals surface area contributed by atoms with Gasteiger partial charge in [-0.2, -0.15) is 0 Å². The molecule has 2 saturated carbocycles. The van der Waals surface area contributed by atoms with Crippen LogP contribution in [0.15, 0.2) is 42.5 Å². The van der Waals surface area contributed by atoms with E-state index < -0.39 is 21.2 Å². The van der Waals surface area contributed by atoms with Crippen molar-refractivity contribution in [2.75, 3.05) is 26.3 Å². The molecule has 1 aromatic heterocycles. The first-order chi connectivity index (χ1) is 19.9. The summed E-state index contributed by atoms with van der Waals surface area (Å²) in [5, 5.41) is 0.669. The Balaban J connectivity index is 1.35. The monoisotopic (exact) mass is 577 g/mol. The number of rotatable bonds is 5. The van der Waals surface area contributed by atoms with Gasteiger partial charge in [0.15, 0.2) is 0 Å². The minimum absolute atomic E-state index is 0.152. The molecule has 2 aliphatic heterocycles. The summed E-state index contributed by atoms with van der Waals surface area (Å²) in [6.07, 6.45) is 16.7. The molecule has 7 rings (SSSR count). The molecule has 1 N–H and O–H groups in total. The van der Waals surface area contributed by atoms with Gasteiger partial charge in [0, 0.05) is 47.7 Å². The predicted molar refractivity (Wildman–Crippen MR) is 157 cm³/mol. The van der Waals surface area contributed by atoms with E-state index in [0.717, 1.165) is 30.2 Å². The first-order valence-electron chi connectivity index (χ1n) is 15.3. The fourth-order valence-corrected chi connectivity index (χ4v) is 8.88. The van der Waals surface area contributed by atoms with Gasteiger partial charge in [0.1, 0.15) is 0 Å². The van der Waals surface area contributed by atoms with Crippen molar-refractivity contribution in [1.82, 2.24) is 14.2 Å².